The Bertz CT molecular complexity index is 575. The monoisotopic (exact) mass is 288 g/mol. The van der Waals surface area contributed by atoms with Crippen LogP contribution in [-0.2, 0) is 19.2 Å². The molecule has 2 bridgehead atoms. The van der Waals surface area contributed by atoms with Crippen LogP contribution in [0.25, 0.3) is 0 Å². The van der Waals surface area contributed by atoms with Crippen LogP contribution < -0.4 is 0 Å². The first-order chi connectivity index (χ1) is 9.93. The van der Waals surface area contributed by atoms with E-state index in [1.54, 1.807) is 0 Å². The van der Waals surface area contributed by atoms with E-state index in [1.165, 1.54) is 13.8 Å². The highest BCUT2D eigenvalue weighted by Gasteiger charge is 2.68. The number of amides is 4. The fraction of sp³-hybridized carbons (Fsp3) is 0.600. The molecule has 1 heterocycles. The van der Waals surface area contributed by atoms with E-state index in [0.717, 1.165) is 11.4 Å². The van der Waals surface area contributed by atoms with Gasteiger partial charge in [-0.05, 0) is 30.1 Å². The van der Waals surface area contributed by atoms with Crippen LogP contribution in [0.4, 0.5) is 0 Å². The van der Waals surface area contributed by atoms with Crippen LogP contribution in [0, 0.1) is 35.5 Å². The van der Waals surface area contributed by atoms with Gasteiger partial charge in [0.05, 0.1) is 11.8 Å². The van der Waals surface area contributed by atoms with Crippen LogP contribution in [0.3, 0.4) is 0 Å². The fourth-order valence-electron chi connectivity index (χ4n) is 4.64. The molecule has 4 aliphatic carbocycles. The number of hydrogen-bond acceptors (Lipinski definition) is 4. The Labute approximate surface area is 121 Å². The molecule has 110 valence electrons. The van der Waals surface area contributed by atoms with Crippen LogP contribution in [0.15, 0.2) is 12.2 Å². The summed E-state index contributed by atoms with van der Waals surface area (Å²) in [6, 6.07) is 0. The zero-order valence-corrected chi connectivity index (χ0v) is 11.9. The van der Waals surface area contributed by atoms with Gasteiger partial charge in [0, 0.05) is 13.8 Å². The normalized spacial score (nSPS) is 41.9. The average Bonchev–Trinajstić information content (AvgIpc) is 3.19. The van der Waals surface area contributed by atoms with Crippen LogP contribution in [0.2, 0.25) is 0 Å². The lowest BCUT2D eigenvalue weighted by atomic mass is 9.63. The molecular formula is C15H16N2O4. The molecule has 0 aromatic heterocycles. The van der Waals surface area contributed by atoms with Crippen LogP contribution in [-0.4, -0.2) is 33.6 Å². The minimum atomic E-state index is -0.603. The molecule has 6 nitrogen and oxygen atoms in total. The second-order valence-corrected chi connectivity index (χ2v) is 6.49. The summed E-state index contributed by atoms with van der Waals surface area (Å²) in [5.41, 5.74) is 0. The minimum Gasteiger partial charge on any atom is -0.273 e. The van der Waals surface area contributed by atoms with Gasteiger partial charge in [0.1, 0.15) is 0 Å². The van der Waals surface area contributed by atoms with Crippen LogP contribution in [0.1, 0.15) is 20.3 Å². The van der Waals surface area contributed by atoms with Crippen molar-refractivity contribution in [2.24, 2.45) is 35.5 Å². The Hall–Kier alpha value is -1.98. The topological polar surface area (TPSA) is 74.8 Å². The molecule has 0 spiro atoms. The van der Waals surface area contributed by atoms with Gasteiger partial charge in [-0.1, -0.05) is 12.2 Å². The lowest BCUT2D eigenvalue weighted by Gasteiger charge is -2.37. The van der Waals surface area contributed by atoms with Gasteiger partial charge in [0.15, 0.2) is 0 Å². The first-order valence-electron chi connectivity index (χ1n) is 7.30. The third-order valence-electron chi connectivity index (χ3n) is 5.44. The van der Waals surface area contributed by atoms with Crippen LogP contribution in [0.5, 0.6) is 0 Å². The highest BCUT2D eigenvalue weighted by molar-refractivity contribution is 6.10. The summed E-state index contributed by atoms with van der Waals surface area (Å²) in [6.45, 7) is 2.38. The first kappa shape index (κ1) is 12.7. The molecule has 0 unspecified atom stereocenters. The van der Waals surface area contributed by atoms with Crippen LogP contribution >= 0.6 is 0 Å². The Morgan fingerprint density at radius 3 is 1.81 bits per heavy atom. The van der Waals surface area contributed by atoms with E-state index < -0.39 is 23.7 Å². The van der Waals surface area contributed by atoms with Crippen molar-refractivity contribution in [1.29, 1.82) is 0 Å². The molecule has 0 aromatic rings. The highest BCUT2D eigenvalue weighted by atomic mass is 16.2. The number of imide groups is 2. The van der Waals surface area contributed by atoms with Crippen molar-refractivity contribution in [1.82, 2.24) is 10.0 Å². The molecular weight excluding hydrogens is 272 g/mol. The molecule has 1 saturated heterocycles. The van der Waals surface area contributed by atoms with E-state index in [0.29, 0.717) is 16.8 Å². The number of carbonyl (C=O) groups is 4. The second-order valence-electron chi connectivity index (χ2n) is 6.49. The number of hydrazine groups is 1. The number of carbonyl (C=O) groups excluding carboxylic acids is 4. The molecule has 4 amide bonds. The zero-order valence-electron chi connectivity index (χ0n) is 11.9. The molecule has 0 radical (unpaired) electrons. The maximum atomic E-state index is 12.7. The van der Waals surface area contributed by atoms with Gasteiger partial charge in [-0.25, -0.2) is 0 Å². The van der Waals surface area contributed by atoms with Crippen molar-refractivity contribution in [3.63, 3.8) is 0 Å². The fourth-order valence-corrected chi connectivity index (χ4v) is 4.64. The SMILES string of the molecule is CC(=O)N(C(C)=O)N1C(=O)[C@H]2[C@@H]3C=C[C@@H]([C@H]4C[C@H]34)[C@@H]2C1=O. The molecule has 1 aliphatic heterocycles. The van der Waals surface area contributed by atoms with Crippen molar-refractivity contribution >= 4 is 23.6 Å². The maximum absolute atomic E-state index is 12.7. The van der Waals surface area contributed by atoms with Gasteiger partial charge in [-0.3, -0.25) is 19.2 Å². The van der Waals surface area contributed by atoms with E-state index in [1.807, 2.05) is 0 Å². The third kappa shape index (κ3) is 1.42. The Morgan fingerprint density at radius 2 is 1.43 bits per heavy atom. The van der Waals surface area contributed by atoms with E-state index in [2.05, 4.69) is 12.2 Å². The third-order valence-corrected chi connectivity index (χ3v) is 5.44. The maximum Gasteiger partial charge on any atom is 0.253 e. The molecule has 0 N–H and O–H groups in total. The molecule has 6 atom stereocenters. The second kappa shape index (κ2) is 3.81. The van der Waals surface area contributed by atoms with Gasteiger partial charge in [-0.2, -0.15) is 10.0 Å². The largest absolute Gasteiger partial charge is 0.273 e. The summed E-state index contributed by atoms with van der Waals surface area (Å²) < 4.78 is 0. The summed E-state index contributed by atoms with van der Waals surface area (Å²) in [5, 5.41) is 1.49. The molecule has 21 heavy (non-hydrogen) atoms. The standard InChI is InChI=1S/C15H16N2O4/c1-6(18)16(7(2)19)17-14(20)12-8-3-4-9(11-5-10(8)11)13(12)15(17)21/h3-4,8-13H,5H2,1-2H3/t8-,9+,10-,11-,12+,13+/m1/s1. The highest BCUT2D eigenvalue weighted by Crippen LogP contribution is 2.65. The number of allylic oxidation sites excluding steroid dienone is 2. The van der Waals surface area contributed by atoms with E-state index in [4.69, 9.17) is 0 Å². The summed E-state index contributed by atoms with van der Waals surface area (Å²) in [7, 11) is 0. The molecule has 2 saturated carbocycles. The van der Waals surface area contributed by atoms with Gasteiger partial charge in [-0.15, -0.1) is 0 Å². The van der Waals surface area contributed by atoms with Crippen molar-refractivity contribution in [2.75, 3.05) is 0 Å². The minimum absolute atomic E-state index is 0.0900. The van der Waals surface area contributed by atoms with Crippen molar-refractivity contribution in [3.05, 3.63) is 12.2 Å². The molecule has 5 rings (SSSR count). The smallest absolute Gasteiger partial charge is 0.253 e. The Morgan fingerprint density at radius 1 is 1.00 bits per heavy atom. The number of hydrogen-bond donors (Lipinski definition) is 0. The molecule has 0 aromatic carbocycles. The average molecular weight is 288 g/mol. The van der Waals surface area contributed by atoms with E-state index in [-0.39, 0.29) is 23.7 Å². The van der Waals surface area contributed by atoms with Crippen molar-refractivity contribution in [2.45, 2.75) is 20.3 Å². The zero-order chi connectivity index (χ0) is 15.0. The van der Waals surface area contributed by atoms with Gasteiger partial charge in [0.25, 0.3) is 11.8 Å². The lowest BCUT2D eigenvalue weighted by Crippen LogP contribution is -2.51. The summed E-state index contributed by atoms with van der Waals surface area (Å²) in [6.07, 6.45) is 5.19. The Kier molecular flexibility index (Phi) is 2.31. The molecule has 5 aliphatic rings. The summed E-state index contributed by atoms with van der Waals surface area (Å²) >= 11 is 0. The first-order valence-corrected chi connectivity index (χ1v) is 7.30. The quantitative estimate of drug-likeness (QED) is 0.515. The van der Waals surface area contributed by atoms with Crippen molar-refractivity contribution in [3.8, 4) is 0 Å². The summed E-state index contributed by atoms with van der Waals surface area (Å²) in [4.78, 5) is 48.7. The lowest BCUT2D eigenvalue weighted by molar-refractivity contribution is -0.175. The predicted octanol–water partition coefficient (Wildman–Crippen LogP) is 0.350. The van der Waals surface area contributed by atoms with Gasteiger partial charge >= 0.3 is 0 Å². The van der Waals surface area contributed by atoms with E-state index in [9.17, 15) is 19.2 Å². The van der Waals surface area contributed by atoms with E-state index >= 15 is 0 Å². The predicted molar refractivity (Wildman–Crippen MR) is 69.8 cm³/mol. The molecule has 6 heteroatoms. The molecule has 3 fully saturated rings. The number of rotatable bonds is 1. The van der Waals surface area contributed by atoms with Crippen molar-refractivity contribution < 1.29 is 19.2 Å². The summed E-state index contributed by atoms with van der Waals surface area (Å²) in [5.74, 6) is -1.58. The Balaban J connectivity index is 1.75. The van der Waals surface area contributed by atoms with Gasteiger partial charge < -0.3 is 0 Å². The van der Waals surface area contributed by atoms with Gasteiger partial charge in [0.2, 0.25) is 11.8 Å². The number of nitrogens with zero attached hydrogens (tertiary/aromatic N) is 2.